The molecule has 0 spiro atoms. The van der Waals surface area contributed by atoms with Crippen molar-refractivity contribution in [2.75, 3.05) is 31.1 Å². The van der Waals surface area contributed by atoms with Crippen LogP contribution in [-0.4, -0.2) is 42.5 Å². The first-order chi connectivity index (χ1) is 10.3. The molecule has 120 valence electrons. The van der Waals surface area contributed by atoms with E-state index < -0.39 is 17.3 Å². The van der Waals surface area contributed by atoms with Crippen molar-refractivity contribution >= 4 is 11.6 Å². The molecule has 2 N–H and O–H groups in total. The molecule has 3 rings (SSSR count). The van der Waals surface area contributed by atoms with Gasteiger partial charge in [-0.25, -0.2) is 0 Å². The van der Waals surface area contributed by atoms with Gasteiger partial charge in [0.2, 0.25) is 5.91 Å². The molecule has 1 aliphatic heterocycles. The lowest BCUT2D eigenvalue weighted by Gasteiger charge is -2.37. The predicted molar refractivity (Wildman–Crippen MR) is 76.4 cm³/mol. The zero-order valence-corrected chi connectivity index (χ0v) is 12.1. The van der Waals surface area contributed by atoms with E-state index in [0.29, 0.717) is 31.9 Å². The van der Waals surface area contributed by atoms with Crippen LogP contribution in [-0.2, 0) is 11.0 Å². The summed E-state index contributed by atoms with van der Waals surface area (Å²) in [5.41, 5.74) is 5.11. The molecular weight excluding hydrogens is 295 g/mol. The lowest BCUT2D eigenvalue weighted by atomic mass is 10.1. The molecule has 7 heteroatoms. The molecule has 22 heavy (non-hydrogen) atoms. The number of nitrogens with zero attached hydrogens (tertiary/aromatic N) is 2. The molecule has 2 aliphatic rings. The van der Waals surface area contributed by atoms with Crippen LogP contribution in [0.15, 0.2) is 24.3 Å². The number of carbonyl (C=O) groups excluding carboxylic acids is 1. The fourth-order valence-electron chi connectivity index (χ4n) is 2.71. The zero-order chi connectivity index (χ0) is 16.0. The third kappa shape index (κ3) is 2.90. The van der Waals surface area contributed by atoms with E-state index in [1.807, 2.05) is 4.90 Å². The summed E-state index contributed by atoms with van der Waals surface area (Å²) in [6.07, 6.45) is -2.90. The maximum Gasteiger partial charge on any atom is 0.416 e. The lowest BCUT2D eigenvalue weighted by molar-refractivity contribution is -0.137. The predicted octanol–water partition coefficient (Wildman–Crippen LogP) is 1.85. The Labute approximate surface area is 126 Å². The van der Waals surface area contributed by atoms with Gasteiger partial charge < -0.3 is 15.5 Å². The van der Waals surface area contributed by atoms with Crippen LogP contribution in [0.1, 0.15) is 18.4 Å². The topological polar surface area (TPSA) is 49.6 Å². The summed E-state index contributed by atoms with van der Waals surface area (Å²) in [4.78, 5) is 15.7. The Kier molecular flexibility index (Phi) is 3.55. The molecule has 0 atom stereocenters. The number of hydrogen-bond acceptors (Lipinski definition) is 3. The minimum Gasteiger partial charge on any atom is -0.368 e. The highest BCUT2D eigenvalue weighted by Crippen LogP contribution is 2.35. The lowest BCUT2D eigenvalue weighted by Crippen LogP contribution is -2.54. The first kappa shape index (κ1) is 15.1. The summed E-state index contributed by atoms with van der Waals surface area (Å²) in [5.74, 6) is -0.0313. The van der Waals surface area contributed by atoms with Gasteiger partial charge in [-0.3, -0.25) is 4.79 Å². The van der Waals surface area contributed by atoms with E-state index in [1.165, 1.54) is 6.07 Å². The molecule has 0 radical (unpaired) electrons. The Hall–Kier alpha value is -1.76. The Bertz CT molecular complexity index is 576. The van der Waals surface area contributed by atoms with Gasteiger partial charge in [0.05, 0.1) is 11.1 Å². The van der Waals surface area contributed by atoms with Crippen molar-refractivity contribution in [1.82, 2.24) is 4.90 Å². The number of hydrogen-bond donors (Lipinski definition) is 1. The quantitative estimate of drug-likeness (QED) is 0.906. The molecule has 1 saturated carbocycles. The number of halogens is 3. The Morgan fingerprint density at radius 3 is 2.32 bits per heavy atom. The van der Waals surface area contributed by atoms with Crippen molar-refractivity contribution in [3.63, 3.8) is 0 Å². The van der Waals surface area contributed by atoms with Crippen molar-refractivity contribution in [3.8, 4) is 0 Å². The van der Waals surface area contributed by atoms with Gasteiger partial charge in [0.15, 0.2) is 0 Å². The second-order valence-electron chi connectivity index (χ2n) is 5.98. The van der Waals surface area contributed by atoms with Crippen LogP contribution in [0.2, 0.25) is 0 Å². The van der Waals surface area contributed by atoms with Crippen molar-refractivity contribution in [3.05, 3.63) is 29.8 Å². The molecule has 0 aromatic heterocycles. The summed E-state index contributed by atoms with van der Waals surface area (Å²) in [6.45, 7) is 2.02. The number of amides is 1. The van der Waals surface area contributed by atoms with Gasteiger partial charge in [-0.2, -0.15) is 13.2 Å². The number of piperazine rings is 1. The standard InChI is InChI=1S/C15H18F3N3O/c16-15(17,18)11-2-1-3-12(10-11)20-6-8-21(9-7-20)13(22)14(19)4-5-14/h1-3,10H,4-9,19H2. The van der Waals surface area contributed by atoms with E-state index in [-0.39, 0.29) is 5.91 Å². The number of anilines is 1. The third-order valence-electron chi connectivity index (χ3n) is 4.32. The van der Waals surface area contributed by atoms with Crippen LogP contribution in [0.4, 0.5) is 18.9 Å². The maximum atomic E-state index is 12.8. The average Bonchev–Trinajstić information content (AvgIpc) is 3.25. The van der Waals surface area contributed by atoms with Crippen LogP contribution in [0.5, 0.6) is 0 Å². The van der Waals surface area contributed by atoms with Crippen LogP contribution >= 0.6 is 0 Å². The summed E-state index contributed by atoms with van der Waals surface area (Å²) in [6, 6.07) is 5.30. The molecule has 1 amide bonds. The first-order valence-electron chi connectivity index (χ1n) is 7.30. The summed E-state index contributed by atoms with van der Waals surface area (Å²) < 4.78 is 38.3. The molecule has 1 aromatic carbocycles. The van der Waals surface area contributed by atoms with Gasteiger partial charge >= 0.3 is 6.18 Å². The Morgan fingerprint density at radius 1 is 1.14 bits per heavy atom. The van der Waals surface area contributed by atoms with Crippen molar-refractivity contribution in [1.29, 1.82) is 0 Å². The van der Waals surface area contributed by atoms with Gasteiger partial charge in [0, 0.05) is 31.9 Å². The summed E-state index contributed by atoms with van der Waals surface area (Å²) in [5, 5.41) is 0. The highest BCUT2D eigenvalue weighted by Gasteiger charge is 2.48. The maximum absolute atomic E-state index is 12.8. The minimum absolute atomic E-state index is 0.0313. The smallest absolute Gasteiger partial charge is 0.368 e. The van der Waals surface area contributed by atoms with E-state index >= 15 is 0 Å². The number of alkyl halides is 3. The monoisotopic (exact) mass is 313 g/mol. The van der Waals surface area contributed by atoms with Crippen LogP contribution in [0.3, 0.4) is 0 Å². The number of rotatable bonds is 2. The van der Waals surface area contributed by atoms with E-state index in [0.717, 1.165) is 25.0 Å². The van der Waals surface area contributed by atoms with Gasteiger partial charge in [0.1, 0.15) is 0 Å². The molecule has 1 heterocycles. The molecule has 0 bridgehead atoms. The second kappa shape index (κ2) is 5.15. The van der Waals surface area contributed by atoms with Crippen molar-refractivity contribution < 1.29 is 18.0 Å². The van der Waals surface area contributed by atoms with Crippen LogP contribution < -0.4 is 10.6 Å². The van der Waals surface area contributed by atoms with Gasteiger partial charge in [-0.15, -0.1) is 0 Å². The molecule has 1 saturated heterocycles. The van der Waals surface area contributed by atoms with E-state index in [2.05, 4.69) is 0 Å². The average molecular weight is 313 g/mol. The van der Waals surface area contributed by atoms with Crippen LogP contribution in [0.25, 0.3) is 0 Å². The second-order valence-corrected chi connectivity index (χ2v) is 5.98. The summed E-state index contributed by atoms with van der Waals surface area (Å²) >= 11 is 0. The first-order valence-corrected chi connectivity index (χ1v) is 7.30. The largest absolute Gasteiger partial charge is 0.416 e. The minimum atomic E-state index is -4.34. The molecular formula is C15H18F3N3O. The van der Waals surface area contributed by atoms with Gasteiger partial charge in [-0.1, -0.05) is 6.07 Å². The molecule has 1 aromatic rings. The van der Waals surface area contributed by atoms with Crippen molar-refractivity contribution in [2.45, 2.75) is 24.6 Å². The summed E-state index contributed by atoms with van der Waals surface area (Å²) in [7, 11) is 0. The van der Waals surface area contributed by atoms with E-state index in [9.17, 15) is 18.0 Å². The Balaban J connectivity index is 1.65. The fourth-order valence-corrected chi connectivity index (χ4v) is 2.71. The molecule has 0 unspecified atom stereocenters. The molecule has 4 nitrogen and oxygen atoms in total. The normalized spacial score (nSPS) is 20.9. The van der Waals surface area contributed by atoms with E-state index in [4.69, 9.17) is 5.73 Å². The third-order valence-corrected chi connectivity index (χ3v) is 4.32. The number of carbonyl (C=O) groups is 1. The van der Waals surface area contributed by atoms with Crippen LogP contribution in [0, 0.1) is 0 Å². The van der Waals surface area contributed by atoms with E-state index in [1.54, 1.807) is 11.0 Å². The highest BCUT2D eigenvalue weighted by molar-refractivity contribution is 5.89. The molecule has 1 aliphatic carbocycles. The SMILES string of the molecule is NC1(C(=O)N2CCN(c3cccc(C(F)(F)F)c3)CC2)CC1. The molecule has 2 fully saturated rings. The zero-order valence-electron chi connectivity index (χ0n) is 12.1. The van der Waals surface area contributed by atoms with Gasteiger partial charge in [0.25, 0.3) is 0 Å². The fraction of sp³-hybridized carbons (Fsp3) is 0.533. The number of benzene rings is 1. The van der Waals surface area contributed by atoms with Crippen molar-refractivity contribution in [2.24, 2.45) is 5.73 Å². The highest BCUT2D eigenvalue weighted by atomic mass is 19.4. The number of nitrogens with two attached hydrogens (primary N) is 1. The van der Waals surface area contributed by atoms with Gasteiger partial charge in [-0.05, 0) is 31.0 Å². The Morgan fingerprint density at radius 2 is 1.77 bits per heavy atom.